The number of rotatable bonds is 0. The monoisotopic (exact) mass is 1010 g/mol. The second-order valence-corrected chi connectivity index (χ2v) is 15.3. The van der Waals surface area contributed by atoms with Crippen LogP contribution >= 0.6 is 79.6 Å². The molecule has 0 fully saturated rings. The van der Waals surface area contributed by atoms with Crippen molar-refractivity contribution in [2.45, 2.75) is 25.7 Å². The molecule has 7 rings (SSSR count). The first-order valence-electron chi connectivity index (χ1n) is 15.0. The second-order valence-electron chi connectivity index (χ2n) is 11.1. The molecule has 0 saturated heterocycles. The number of aromatic hydroxyl groups is 2. The van der Waals surface area contributed by atoms with E-state index in [0.29, 0.717) is 53.2 Å². The molecule has 4 aromatic rings. The number of ether oxygens (including phenoxy) is 2. The summed E-state index contributed by atoms with van der Waals surface area (Å²) in [4.78, 5) is 26.0. The zero-order valence-corrected chi connectivity index (χ0v) is 34.1. The van der Waals surface area contributed by atoms with E-state index in [1.807, 2.05) is 6.07 Å². The van der Waals surface area contributed by atoms with E-state index in [-0.39, 0.29) is 70.6 Å². The molecule has 0 aromatic heterocycles. The van der Waals surface area contributed by atoms with Crippen molar-refractivity contribution in [2.24, 2.45) is 10.3 Å². The van der Waals surface area contributed by atoms with E-state index >= 15 is 0 Å². The van der Waals surface area contributed by atoms with Crippen LogP contribution in [0.4, 0.5) is 0 Å². The molecule has 3 aliphatic heterocycles. The van der Waals surface area contributed by atoms with Gasteiger partial charge in [0.15, 0.2) is 28.7 Å². The Labute approximate surface area is 333 Å². The van der Waals surface area contributed by atoms with Gasteiger partial charge in [0.1, 0.15) is 17.2 Å². The van der Waals surface area contributed by atoms with Crippen LogP contribution in [0.15, 0.2) is 87.3 Å². The van der Waals surface area contributed by atoms with Crippen LogP contribution in [0.2, 0.25) is 0 Å². The van der Waals surface area contributed by atoms with Gasteiger partial charge < -0.3 is 40.7 Å². The summed E-state index contributed by atoms with van der Waals surface area (Å²) in [5.74, 6) is -0.600. The van der Waals surface area contributed by atoms with Crippen molar-refractivity contribution in [3.63, 3.8) is 0 Å². The highest BCUT2D eigenvalue weighted by Gasteiger charge is 2.21. The molecule has 8 bridgehead atoms. The molecule has 17 heteroatoms. The van der Waals surface area contributed by atoms with Gasteiger partial charge in [0, 0.05) is 25.9 Å². The number of carbonyl (C=O) groups is 2. The van der Waals surface area contributed by atoms with Crippen molar-refractivity contribution in [3.05, 3.63) is 99.2 Å². The summed E-state index contributed by atoms with van der Waals surface area (Å²) in [6, 6.07) is 15.2. The first-order valence-corrected chi connectivity index (χ1v) is 19.0. The number of oxime groups is 2. The molecular weight excluding hydrogens is 992 g/mol. The van der Waals surface area contributed by atoms with E-state index in [1.165, 1.54) is 6.07 Å². The molecule has 2 amide bonds. The van der Waals surface area contributed by atoms with Crippen LogP contribution < -0.4 is 20.1 Å². The maximum atomic E-state index is 13.0. The molecule has 3 aliphatic rings. The Morgan fingerprint density at radius 3 is 1.78 bits per heavy atom. The van der Waals surface area contributed by atoms with Crippen molar-refractivity contribution in [1.82, 2.24) is 10.6 Å². The van der Waals surface area contributed by atoms with E-state index in [9.17, 15) is 30.2 Å². The summed E-state index contributed by atoms with van der Waals surface area (Å²) < 4.78 is 14.3. The minimum Gasteiger partial charge on any atom is -0.503 e. The van der Waals surface area contributed by atoms with Crippen molar-refractivity contribution >= 4 is 103 Å². The summed E-state index contributed by atoms with van der Waals surface area (Å²) in [7, 11) is 0. The van der Waals surface area contributed by atoms with E-state index < -0.39 is 11.8 Å². The van der Waals surface area contributed by atoms with Crippen LogP contribution in [0, 0.1) is 0 Å². The molecule has 6 N–H and O–H groups in total. The van der Waals surface area contributed by atoms with Gasteiger partial charge in [0.2, 0.25) is 0 Å². The fourth-order valence-corrected chi connectivity index (χ4v) is 7.82. The number of hydrogen-bond acceptors (Lipinski definition) is 10. The van der Waals surface area contributed by atoms with Crippen molar-refractivity contribution in [3.8, 4) is 34.5 Å². The standard InChI is InChI=1S/C34H27Br5N4O8/c35-20-3-1-16-5-7-40-33(46)25(43-49)13-18-9-21(36)30(44)28(15-18)51-32-22(37)10-17(11-23(32)38)12-24(42-48)34(47)41-8-6-19-2-4-26(31(45)29(19)39)50-27(20)14-16/h1-4,9-11,14-15,44-45,48-49H,5-8,12-13H2,(H,40,46)(H,41,47). The van der Waals surface area contributed by atoms with Crippen LogP contribution in [0.1, 0.15) is 22.3 Å². The molecule has 0 unspecified atom stereocenters. The molecule has 4 aromatic carbocycles. The topological polar surface area (TPSA) is 182 Å². The summed E-state index contributed by atoms with van der Waals surface area (Å²) in [5.41, 5.74) is 2.27. The number of fused-ring (bicyclic) bond motifs is 2. The van der Waals surface area contributed by atoms with Gasteiger partial charge in [-0.3, -0.25) is 9.59 Å². The molecule has 3 heterocycles. The van der Waals surface area contributed by atoms with Gasteiger partial charge in [0.25, 0.3) is 11.8 Å². The predicted molar refractivity (Wildman–Crippen MR) is 207 cm³/mol. The third-order valence-electron chi connectivity index (χ3n) is 7.62. The number of carbonyl (C=O) groups excluding carboxylic acids is 2. The fourth-order valence-electron chi connectivity index (χ4n) is 5.04. The lowest BCUT2D eigenvalue weighted by atomic mass is 10.1. The molecule has 0 saturated carbocycles. The van der Waals surface area contributed by atoms with E-state index in [2.05, 4.69) is 101 Å². The average Bonchev–Trinajstić information content (AvgIpc) is 3.09. The minimum absolute atomic E-state index is 0.0370. The van der Waals surface area contributed by atoms with Crippen molar-refractivity contribution < 1.29 is 39.7 Å². The van der Waals surface area contributed by atoms with Crippen LogP contribution in [-0.2, 0) is 35.3 Å². The third-order valence-corrected chi connectivity index (χ3v) is 10.9. The SMILES string of the molecule is O=C1NCCc2ccc(Br)c(c2)Oc2ccc(c(Br)c2O)CCNC(=O)C(=NO)Cc2cc(Br)c(c(Br)c2)Oc2cc(cc(Br)c2O)CC1=NO. The molecule has 0 aliphatic carbocycles. The first-order chi connectivity index (χ1) is 24.4. The van der Waals surface area contributed by atoms with Crippen LogP contribution in [0.5, 0.6) is 34.5 Å². The Hall–Kier alpha value is -3.64. The number of benzene rings is 4. The summed E-state index contributed by atoms with van der Waals surface area (Å²) in [6.45, 7) is 0.377. The Morgan fingerprint density at radius 1 is 0.588 bits per heavy atom. The molecule has 0 spiro atoms. The van der Waals surface area contributed by atoms with Gasteiger partial charge in [-0.15, -0.1) is 0 Å². The van der Waals surface area contributed by atoms with Gasteiger partial charge in [-0.1, -0.05) is 22.4 Å². The smallest absolute Gasteiger partial charge is 0.269 e. The maximum absolute atomic E-state index is 13.0. The quantitative estimate of drug-likeness (QED) is 0.0752. The summed E-state index contributed by atoms with van der Waals surface area (Å²) in [5, 5.41) is 53.1. The number of hydrogen-bond donors (Lipinski definition) is 6. The minimum atomic E-state index is -0.596. The number of halogens is 5. The number of amides is 2. The Morgan fingerprint density at radius 2 is 1.16 bits per heavy atom. The Balaban J connectivity index is 1.48. The lowest BCUT2D eigenvalue weighted by molar-refractivity contribution is -0.115. The largest absolute Gasteiger partial charge is 0.503 e. The number of phenols is 2. The number of phenolic OH excluding ortho intramolecular Hbond substituents is 2. The van der Waals surface area contributed by atoms with Crippen molar-refractivity contribution in [1.29, 1.82) is 0 Å². The second kappa shape index (κ2) is 17.3. The summed E-state index contributed by atoms with van der Waals surface area (Å²) >= 11 is 17.2. The van der Waals surface area contributed by atoms with Gasteiger partial charge >= 0.3 is 0 Å². The molecule has 51 heavy (non-hydrogen) atoms. The highest BCUT2D eigenvalue weighted by Crippen LogP contribution is 2.44. The van der Waals surface area contributed by atoms with E-state index in [0.717, 1.165) is 5.56 Å². The highest BCUT2D eigenvalue weighted by atomic mass is 79.9. The van der Waals surface area contributed by atoms with Gasteiger partial charge in [-0.05, 0) is 157 Å². The Kier molecular flexibility index (Phi) is 13.1. The average molecular weight is 1020 g/mol. The van der Waals surface area contributed by atoms with Crippen LogP contribution in [-0.4, -0.2) is 57.0 Å². The zero-order chi connectivity index (χ0) is 36.8. The highest BCUT2D eigenvalue weighted by molar-refractivity contribution is 9.11. The Bertz CT molecular complexity index is 2050. The van der Waals surface area contributed by atoms with Gasteiger partial charge in [-0.2, -0.15) is 0 Å². The lowest BCUT2D eigenvalue weighted by Crippen LogP contribution is -2.33. The number of nitrogens with one attached hydrogen (secondary N) is 2. The van der Waals surface area contributed by atoms with E-state index in [4.69, 9.17) is 9.47 Å². The third kappa shape index (κ3) is 9.43. The van der Waals surface area contributed by atoms with Gasteiger partial charge in [0.05, 0.1) is 22.4 Å². The maximum Gasteiger partial charge on any atom is 0.269 e. The van der Waals surface area contributed by atoms with Crippen LogP contribution in [0.25, 0.3) is 0 Å². The molecule has 266 valence electrons. The van der Waals surface area contributed by atoms with Gasteiger partial charge in [-0.25, -0.2) is 0 Å². The predicted octanol–water partition coefficient (Wildman–Crippen LogP) is 8.27. The molecule has 0 radical (unpaired) electrons. The fraction of sp³-hybridized carbons (Fsp3) is 0.176. The first kappa shape index (κ1) is 38.6. The number of nitrogens with zero attached hydrogens (tertiary/aromatic N) is 2. The van der Waals surface area contributed by atoms with Crippen molar-refractivity contribution in [2.75, 3.05) is 13.1 Å². The molecular formula is C34H27Br5N4O8. The molecule has 0 atom stereocenters. The summed E-state index contributed by atoms with van der Waals surface area (Å²) in [6.07, 6.45) is 0.602. The molecule has 12 nitrogen and oxygen atoms in total. The zero-order valence-electron chi connectivity index (χ0n) is 26.1. The van der Waals surface area contributed by atoms with Crippen LogP contribution in [0.3, 0.4) is 0 Å². The lowest BCUT2D eigenvalue weighted by Gasteiger charge is -2.16. The normalized spacial score (nSPS) is 16.2. The van der Waals surface area contributed by atoms with E-state index in [1.54, 1.807) is 42.5 Å².